The van der Waals surface area contributed by atoms with Crippen LogP contribution in [0.4, 0.5) is 0 Å². The predicted octanol–water partition coefficient (Wildman–Crippen LogP) is 13.7. The van der Waals surface area contributed by atoms with Crippen LogP contribution < -0.4 is 0 Å². The van der Waals surface area contributed by atoms with Gasteiger partial charge in [0.25, 0.3) is 0 Å². The van der Waals surface area contributed by atoms with Gasteiger partial charge in [-0.1, -0.05) is 170 Å². The van der Waals surface area contributed by atoms with Crippen molar-refractivity contribution in [2.24, 2.45) is 0 Å². The van der Waals surface area contributed by atoms with Crippen molar-refractivity contribution in [1.29, 1.82) is 0 Å². The quantitative estimate of drug-likeness (QED) is 0.171. The third-order valence-corrected chi connectivity index (χ3v) is 10.6. The first kappa shape index (κ1) is 31.9. The molecule has 0 aliphatic carbocycles. The zero-order chi connectivity index (χ0) is 37.0. The Kier molecular flexibility index (Phi) is 7.42. The average Bonchev–Trinajstić information content (AvgIpc) is 3.89. The number of hydrogen-bond acceptors (Lipinski definition) is 5. The summed E-state index contributed by atoms with van der Waals surface area (Å²) in [5.74, 6) is 2.75. The summed E-state index contributed by atoms with van der Waals surface area (Å²) in [4.78, 5) is 14.7. The summed E-state index contributed by atoms with van der Waals surface area (Å²) in [6.07, 6.45) is 0. The number of rotatable bonds is 6. The number of fused-ring (bicyclic) bond motifs is 6. The monoisotopic (exact) mass is 717 g/mol. The SMILES string of the molecule is c1ccc(-c2nc(-c3ccccc3)nc(-c3ccc(-c4ccc(-c5cccc6oc7c(ccc8cc(-c9ccccc9)oc87)c56)c5ccccc45)cc3)n2)cc1. The molecule has 0 saturated heterocycles. The molecule has 0 saturated carbocycles. The van der Waals surface area contributed by atoms with Gasteiger partial charge in [0.15, 0.2) is 28.6 Å². The highest BCUT2D eigenvalue weighted by Crippen LogP contribution is 2.44. The Balaban J connectivity index is 1.00. The van der Waals surface area contributed by atoms with Crippen LogP contribution in [-0.2, 0) is 0 Å². The standard InChI is InChI=1S/C51H31N3O2/c1-4-13-33(14-5-1)45-31-37-27-28-43-46-42(21-12-22-44(46)55-48(43)47(37)56-45)41-30-29-38(39-19-10-11-20-40(39)41)32-23-25-36(26-24-32)51-53-49(34-15-6-2-7-16-34)52-50(54-51)35-17-8-3-9-18-35/h1-31H. The lowest BCUT2D eigenvalue weighted by atomic mass is 9.90. The maximum absolute atomic E-state index is 6.59. The second kappa shape index (κ2) is 13.0. The van der Waals surface area contributed by atoms with E-state index in [9.17, 15) is 0 Å². The van der Waals surface area contributed by atoms with Crippen LogP contribution in [-0.4, -0.2) is 15.0 Å². The number of nitrogens with zero attached hydrogens (tertiary/aromatic N) is 3. The van der Waals surface area contributed by atoms with Gasteiger partial charge in [-0.25, -0.2) is 15.0 Å². The number of aromatic nitrogens is 3. The number of hydrogen-bond donors (Lipinski definition) is 0. The molecule has 5 nitrogen and oxygen atoms in total. The summed E-state index contributed by atoms with van der Waals surface area (Å²) >= 11 is 0. The molecule has 8 aromatic carbocycles. The van der Waals surface area contributed by atoms with Gasteiger partial charge in [-0.2, -0.15) is 0 Å². The topological polar surface area (TPSA) is 65.0 Å². The molecule has 0 aliphatic rings. The van der Waals surface area contributed by atoms with E-state index in [1.54, 1.807) is 0 Å². The number of furan rings is 2. The van der Waals surface area contributed by atoms with Gasteiger partial charge in [-0.3, -0.25) is 0 Å². The van der Waals surface area contributed by atoms with E-state index in [1.165, 1.54) is 10.8 Å². The fourth-order valence-corrected chi connectivity index (χ4v) is 7.87. The molecular formula is C51H31N3O2. The molecule has 11 aromatic rings. The van der Waals surface area contributed by atoms with Gasteiger partial charge in [0.2, 0.25) is 0 Å². The van der Waals surface area contributed by atoms with Gasteiger partial charge in [-0.15, -0.1) is 0 Å². The molecule has 11 rings (SSSR count). The molecule has 0 spiro atoms. The molecule has 0 aliphatic heterocycles. The Labute approximate surface area is 322 Å². The second-order valence-electron chi connectivity index (χ2n) is 13.9. The zero-order valence-corrected chi connectivity index (χ0v) is 30.1. The first-order valence-corrected chi connectivity index (χ1v) is 18.7. The van der Waals surface area contributed by atoms with Crippen molar-refractivity contribution >= 4 is 43.7 Å². The highest BCUT2D eigenvalue weighted by Gasteiger charge is 2.20. The first-order chi connectivity index (χ1) is 27.7. The first-order valence-electron chi connectivity index (χ1n) is 18.7. The van der Waals surface area contributed by atoms with E-state index in [0.29, 0.717) is 17.5 Å². The van der Waals surface area contributed by atoms with Crippen molar-refractivity contribution in [2.75, 3.05) is 0 Å². The Bertz CT molecular complexity index is 3170. The highest BCUT2D eigenvalue weighted by molar-refractivity contribution is 6.20. The van der Waals surface area contributed by atoms with Crippen molar-refractivity contribution < 1.29 is 8.83 Å². The van der Waals surface area contributed by atoms with Crippen molar-refractivity contribution in [2.45, 2.75) is 0 Å². The van der Waals surface area contributed by atoms with Crippen molar-refractivity contribution in [3.8, 4) is 67.7 Å². The van der Waals surface area contributed by atoms with Crippen molar-refractivity contribution in [3.63, 3.8) is 0 Å². The lowest BCUT2D eigenvalue weighted by Crippen LogP contribution is -2.00. The fourth-order valence-electron chi connectivity index (χ4n) is 7.87. The Morgan fingerprint density at radius 2 is 0.857 bits per heavy atom. The molecule has 0 radical (unpaired) electrons. The second-order valence-corrected chi connectivity index (χ2v) is 13.9. The van der Waals surface area contributed by atoms with Crippen LogP contribution in [0.3, 0.4) is 0 Å². The molecular weight excluding hydrogens is 687 g/mol. The molecule has 0 fully saturated rings. The minimum absolute atomic E-state index is 0.632. The van der Waals surface area contributed by atoms with Crippen LogP contribution in [0.25, 0.3) is 111 Å². The molecule has 56 heavy (non-hydrogen) atoms. The van der Waals surface area contributed by atoms with Crippen LogP contribution in [0.15, 0.2) is 197 Å². The summed E-state index contributed by atoms with van der Waals surface area (Å²) < 4.78 is 13.0. The Morgan fingerprint density at radius 1 is 0.321 bits per heavy atom. The fraction of sp³-hybridized carbons (Fsp3) is 0. The van der Waals surface area contributed by atoms with Crippen LogP contribution in [0.1, 0.15) is 0 Å². The Morgan fingerprint density at radius 3 is 1.50 bits per heavy atom. The predicted molar refractivity (Wildman–Crippen MR) is 227 cm³/mol. The van der Waals surface area contributed by atoms with E-state index in [4.69, 9.17) is 23.8 Å². The van der Waals surface area contributed by atoms with E-state index in [1.807, 2.05) is 84.9 Å². The third-order valence-electron chi connectivity index (χ3n) is 10.6. The van der Waals surface area contributed by atoms with Crippen molar-refractivity contribution in [1.82, 2.24) is 15.0 Å². The maximum Gasteiger partial charge on any atom is 0.178 e. The van der Waals surface area contributed by atoms with Gasteiger partial charge < -0.3 is 8.83 Å². The van der Waals surface area contributed by atoms with E-state index in [0.717, 1.165) is 83.2 Å². The lowest BCUT2D eigenvalue weighted by molar-refractivity contribution is 0.611. The van der Waals surface area contributed by atoms with E-state index < -0.39 is 0 Å². The normalized spacial score (nSPS) is 11.6. The molecule has 3 heterocycles. The van der Waals surface area contributed by atoms with E-state index >= 15 is 0 Å². The number of benzene rings is 8. The molecule has 0 amide bonds. The summed E-state index contributed by atoms with van der Waals surface area (Å²) in [6, 6.07) is 64.6. The minimum Gasteiger partial charge on any atom is -0.452 e. The molecule has 0 N–H and O–H groups in total. The summed E-state index contributed by atoms with van der Waals surface area (Å²) in [5, 5.41) is 5.46. The molecule has 5 heteroatoms. The van der Waals surface area contributed by atoms with Crippen LogP contribution in [0.5, 0.6) is 0 Å². The maximum atomic E-state index is 6.59. The van der Waals surface area contributed by atoms with Gasteiger partial charge in [0.1, 0.15) is 11.3 Å². The smallest absolute Gasteiger partial charge is 0.178 e. The summed E-state index contributed by atoms with van der Waals surface area (Å²) in [7, 11) is 0. The van der Waals surface area contributed by atoms with E-state index in [2.05, 4.69) is 103 Å². The molecule has 0 atom stereocenters. The summed E-state index contributed by atoms with van der Waals surface area (Å²) in [5.41, 5.74) is 10.7. The van der Waals surface area contributed by atoms with Crippen LogP contribution in [0.2, 0.25) is 0 Å². The molecule has 262 valence electrons. The van der Waals surface area contributed by atoms with Crippen LogP contribution in [0, 0.1) is 0 Å². The van der Waals surface area contributed by atoms with Gasteiger partial charge >= 0.3 is 0 Å². The van der Waals surface area contributed by atoms with Crippen LogP contribution >= 0.6 is 0 Å². The van der Waals surface area contributed by atoms with Gasteiger partial charge in [0, 0.05) is 38.4 Å². The lowest BCUT2D eigenvalue weighted by Gasteiger charge is -2.13. The Hall–Kier alpha value is -7.63. The highest BCUT2D eigenvalue weighted by atomic mass is 16.4. The van der Waals surface area contributed by atoms with Crippen molar-refractivity contribution in [3.05, 3.63) is 188 Å². The van der Waals surface area contributed by atoms with Gasteiger partial charge in [-0.05, 0) is 51.2 Å². The van der Waals surface area contributed by atoms with Gasteiger partial charge in [0.05, 0.1) is 0 Å². The third kappa shape index (κ3) is 5.37. The average molecular weight is 718 g/mol. The molecule has 3 aromatic heterocycles. The minimum atomic E-state index is 0.632. The zero-order valence-electron chi connectivity index (χ0n) is 30.1. The molecule has 0 bridgehead atoms. The molecule has 0 unspecified atom stereocenters. The van der Waals surface area contributed by atoms with E-state index in [-0.39, 0.29) is 0 Å². The largest absolute Gasteiger partial charge is 0.452 e. The summed E-state index contributed by atoms with van der Waals surface area (Å²) in [6.45, 7) is 0.